The van der Waals surface area contributed by atoms with Gasteiger partial charge >= 0.3 is 0 Å². The second kappa shape index (κ2) is 6.66. The first-order chi connectivity index (χ1) is 9.15. The molecule has 2 nitrogen and oxygen atoms in total. The first-order valence-electron chi connectivity index (χ1n) is 5.64. The van der Waals surface area contributed by atoms with Gasteiger partial charge < -0.3 is 10.5 Å². The van der Waals surface area contributed by atoms with Crippen molar-refractivity contribution < 1.29 is 4.74 Å². The number of hydrogen-bond acceptors (Lipinski definition) is 3. The molecular formula is C14H13BrClNOS. The maximum absolute atomic E-state index is 6.16. The van der Waals surface area contributed by atoms with Crippen molar-refractivity contribution in [3.63, 3.8) is 0 Å². The molecule has 0 aromatic heterocycles. The van der Waals surface area contributed by atoms with Crippen LogP contribution in [0, 0.1) is 0 Å². The van der Waals surface area contributed by atoms with E-state index in [0.717, 1.165) is 20.7 Å². The van der Waals surface area contributed by atoms with Gasteiger partial charge in [0, 0.05) is 21.5 Å². The van der Waals surface area contributed by atoms with Crippen molar-refractivity contribution in [2.45, 2.75) is 11.4 Å². The van der Waals surface area contributed by atoms with Gasteiger partial charge in [0.2, 0.25) is 0 Å². The summed E-state index contributed by atoms with van der Waals surface area (Å²) in [6, 6.07) is 11.4. The predicted molar refractivity (Wildman–Crippen MR) is 85.3 cm³/mol. The molecule has 2 rings (SSSR count). The molecule has 0 aliphatic carbocycles. The van der Waals surface area contributed by atoms with Gasteiger partial charge in [0.05, 0.1) is 5.02 Å². The first-order valence-corrected chi connectivity index (χ1v) is 8.04. The minimum Gasteiger partial charge on any atom is -0.455 e. The molecule has 19 heavy (non-hydrogen) atoms. The number of halogens is 2. The summed E-state index contributed by atoms with van der Waals surface area (Å²) in [6.45, 7) is 0.431. The maximum Gasteiger partial charge on any atom is 0.146 e. The van der Waals surface area contributed by atoms with E-state index >= 15 is 0 Å². The Labute approximate surface area is 130 Å². The molecule has 0 aliphatic rings. The number of thioether (sulfide) groups is 1. The zero-order valence-electron chi connectivity index (χ0n) is 10.3. The summed E-state index contributed by atoms with van der Waals surface area (Å²) in [7, 11) is 0. The zero-order valence-corrected chi connectivity index (χ0v) is 13.5. The summed E-state index contributed by atoms with van der Waals surface area (Å²) in [5, 5.41) is 0.562. The highest BCUT2D eigenvalue weighted by atomic mass is 79.9. The van der Waals surface area contributed by atoms with Gasteiger partial charge in [-0.1, -0.05) is 33.6 Å². The lowest BCUT2D eigenvalue weighted by atomic mass is 10.2. The average molecular weight is 359 g/mol. The fraction of sp³-hybridized carbons (Fsp3) is 0.143. The van der Waals surface area contributed by atoms with E-state index in [4.69, 9.17) is 22.1 Å². The van der Waals surface area contributed by atoms with Gasteiger partial charge in [-0.2, -0.15) is 0 Å². The van der Waals surface area contributed by atoms with Crippen LogP contribution < -0.4 is 10.5 Å². The molecule has 0 spiro atoms. The molecule has 0 bridgehead atoms. The van der Waals surface area contributed by atoms with Gasteiger partial charge in [-0.05, 0) is 36.6 Å². The van der Waals surface area contributed by atoms with Gasteiger partial charge in [-0.3, -0.25) is 0 Å². The van der Waals surface area contributed by atoms with Crippen molar-refractivity contribution >= 4 is 39.3 Å². The Hall–Kier alpha value is -0.680. The number of hydrogen-bond donors (Lipinski definition) is 1. The Morgan fingerprint density at radius 3 is 2.68 bits per heavy atom. The molecule has 100 valence electrons. The molecule has 2 aromatic rings. The fourth-order valence-corrected chi connectivity index (χ4v) is 3.07. The normalized spacial score (nSPS) is 10.5. The molecule has 0 heterocycles. The van der Waals surface area contributed by atoms with Gasteiger partial charge in [-0.15, -0.1) is 11.8 Å². The van der Waals surface area contributed by atoms with Crippen molar-refractivity contribution in [3.8, 4) is 11.5 Å². The first kappa shape index (κ1) is 14.7. The van der Waals surface area contributed by atoms with Crippen LogP contribution in [-0.4, -0.2) is 6.26 Å². The number of benzene rings is 2. The summed E-state index contributed by atoms with van der Waals surface area (Å²) < 4.78 is 6.80. The smallest absolute Gasteiger partial charge is 0.146 e. The van der Waals surface area contributed by atoms with E-state index in [1.807, 2.05) is 36.6 Å². The molecule has 0 saturated heterocycles. The van der Waals surface area contributed by atoms with Gasteiger partial charge in [0.25, 0.3) is 0 Å². The standard InChI is InChI=1S/C14H13BrClNOS/c1-19-14-4-2-3-12(10(14)8-17)18-13-6-5-9(15)7-11(13)16/h2-7H,8,17H2,1H3. The van der Waals surface area contributed by atoms with Crippen LogP contribution in [0.3, 0.4) is 0 Å². The van der Waals surface area contributed by atoms with E-state index in [1.165, 1.54) is 0 Å². The van der Waals surface area contributed by atoms with Crippen LogP contribution in [0.15, 0.2) is 45.8 Å². The SMILES string of the molecule is CSc1cccc(Oc2ccc(Br)cc2Cl)c1CN. The van der Waals surface area contributed by atoms with Gasteiger partial charge in [-0.25, -0.2) is 0 Å². The number of rotatable bonds is 4. The second-order valence-corrected chi connectivity index (χ2v) is 5.99. The molecule has 5 heteroatoms. The summed E-state index contributed by atoms with van der Waals surface area (Å²) >= 11 is 11.2. The van der Waals surface area contributed by atoms with Gasteiger partial charge in [0.1, 0.15) is 11.5 Å². The molecular weight excluding hydrogens is 346 g/mol. The van der Waals surface area contributed by atoms with E-state index in [2.05, 4.69) is 15.9 Å². The fourth-order valence-electron chi connectivity index (χ4n) is 1.71. The molecule has 0 unspecified atom stereocenters. The highest BCUT2D eigenvalue weighted by molar-refractivity contribution is 9.10. The lowest BCUT2D eigenvalue weighted by Gasteiger charge is -2.14. The average Bonchev–Trinajstić information content (AvgIpc) is 2.41. The van der Waals surface area contributed by atoms with Crippen LogP contribution in [0.4, 0.5) is 0 Å². The van der Waals surface area contributed by atoms with E-state index in [-0.39, 0.29) is 0 Å². The van der Waals surface area contributed by atoms with Crippen LogP contribution >= 0.6 is 39.3 Å². The van der Waals surface area contributed by atoms with Crippen molar-refractivity contribution in [3.05, 3.63) is 51.5 Å². The lowest BCUT2D eigenvalue weighted by molar-refractivity contribution is 0.474. The van der Waals surface area contributed by atoms with Crippen molar-refractivity contribution in [2.24, 2.45) is 5.73 Å². The summed E-state index contributed by atoms with van der Waals surface area (Å²) in [6.07, 6.45) is 2.02. The summed E-state index contributed by atoms with van der Waals surface area (Å²) in [4.78, 5) is 1.12. The molecule has 2 aromatic carbocycles. The molecule has 0 atom stereocenters. The summed E-state index contributed by atoms with van der Waals surface area (Å²) in [5.74, 6) is 1.37. The maximum atomic E-state index is 6.16. The molecule has 0 radical (unpaired) electrons. The van der Waals surface area contributed by atoms with E-state index in [0.29, 0.717) is 17.3 Å². The third-order valence-corrected chi connectivity index (χ3v) is 4.24. The van der Waals surface area contributed by atoms with E-state index in [1.54, 1.807) is 17.8 Å². The third kappa shape index (κ3) is 3.45. The van der Waals surface area contributed by atoms with Crippen molar-refractivity contribution in [1.82, 2.24) is 0 Å². The van der Waals surface area contributed by atoms with Crippen LogP contribution in [0.2, 0.25) is 5.02 Å². The molecule has 0 aliphatic heterocycles. The van der Waals surface area contributed by atoms with E-state index < -0.39 is 0 Å². The minimum absolute atomic E-state index is 0.431. The van der Waals surface area contributed by atoms with Crippen LogP contribution in [0.5, 0.6) is 11.5 Å². The Bertz CT molecular complexity index is 592. The Morgan fingerprint density at radius 2 is 2.05 bits per heavy atom. The molecule has 0 fully saturated rings. The zero-order chi connectivity index (χ0) is 13.8. The number of nitrogens with two attached hydrogens (primary N) is 1. The Morgan fingerprint density at radius 1 is 1.26 bits per heavy atom. The molecule has 0 amide bonds. The largest absolute Gasteiger partial charge is 0.455 e. The van der Waals surface area contributed by atoms with Crippen molar-refractivity contribution in [2.75, 3.05) is 6.26 Å². The topological polar surface area (TPSA) is 35.2 Å². The van der Waals surface area contributed by atoms with Gasteiger partial charge in [0.15, 0.2) is 0 Å². The monoisotopic (exact) mass is 357 g/mol. The predicted octanol–water partition coefficient (Wildman–Crippen LogP) is 5.08. The molecule has 2 N–H and O–H groups in total. The Balaban J connectivity index is 2.37. The van der Waals surface area contributed by atoms with Crippen LogP contribution in [-0.2, 0) is 6.54 Å². The highest BCUT2D eigenvalue weighted by Crippen LogP contribution is 2.35. The van der Waals surface area contributed by atoms with Crippen LogP contribution in [0.25, 0.3) is 0 Å². The van der Waals surface area contributed by atoms with Crippen LogP contribution in [0.1, 0.15) is 5.56 Å². The summed E-state index contributed by atoms with van der Waals surface area (Å²) in [5.41, 5.74) is 6.80. The lowest BCUT2D eigenvalue weighted by Crippen LogP contribution is -2.01. The molecule has 0 saturated carbocycles. The second-order valence-electron chi connectivity index (χ2n) is 3.82. The number of ether oxygens (including phenoxy) is 1. The Kier molecular flexibility index (Phi) is 5.16. The highest BCUT2D eigenvalue weighted by Gasteiger charge is 2.10. The quantitative estimate of drug-likeness (QED) is 0.774. The third-order valence-electron chi connectivity index (χ3n) is 2.63. The van der Waals surface area contributed by atoms with E-state index in [9.17, 15) is 0 Å². The van der Waals surface area contributed by atoms with Crippen molar-refractivity contribution in [1.29, 1.82) is 0 Å². The minimum atomic E-state index is 0.431.